The number of rotatable bonds is 4. The van der Waals surface area contributed by atoms with Gasteiger partial charge in [0.2, 0.25) is 0 Å². The molecule has 0 saturated carbocycles. The van der Waals surface area contributed by atoms with Crippen LogP contribution in [0.2, 0.25) is 0 Å². The van der Waals surface area contributed by atoms with E-state index in [1.807, 2.05) is 6.92 Å². The van der Waals surface area contributed by atoms with Gasteiger partial charge in [0.1, 0.15) is 0 Å². The van der Waals surface area contributed by atoms with Gasteiger partial charge < -0.3 is 9.84 Å². The minimum atomic E-state index is -0.667. The van der Waals surface area contributed by atoms with Crippen molar-refractivity contribution in [2.24, 2.45) is 0 Å². The number of ether oxygens (including phenoxy) is 1. The molecule has 0 aromatic heterocycles. The molecule has 0 aromatic carbocycles. The van der Waals surface area contributed by atoms with Gasteiger partial charge in [-0.1, -0.05) is 6.08 Å². The molecule has 54 valence electrons. The van der Waals surface area contributed by atoms with Crippen molar-refractivity contribution >= 4 is 0 Å². The second-order valence-electron chi connectivity index (χ2n) is 2.07. The standard InChI is InChI=1S/C7H14O2/c1-4-5-6(2)9-7(3)8/h4,6-8H,1,5H2,2-3H3. The molecule has 0 saturated heterocycles. The van der Waals surface area contributed by atoms with Gasteiger partial charge in [-0.2, -0.15) is 0 Å². The van der Waals surface area contributed by atoms with Crippen molar-refractivity contribution < 1.29 is 9.84 Å². The molecule has 0 aliphatic heterocycles. The maximum absolute atomic E-state index is 8.69. The first-order valence-corrected chi connectivity index (χ1v) is 3.11. The molecule has 0 aliphatic rings. The molecule has 0 rings (SSSR count). The van der Waals surface area contributed by atoms with Crippen LogP contribution >= 0.6 is 0 Å². The summed E-state index contributed by atoms with van der Waals surface area (Å²) in [7, 11) is 0. The van der Waals surface area contributed by atoms with E-state index < -0.39 is 6.29 Å². The predicted molar refractivity (Wildman–Crippen MR) is 37.0 cm³/mol. The molecule has 0 heterocycles. The van der Waals surface area contributed by atoms with E-state index in [-0.39, 0.29) is 6.10 Å². The van der Waals surface area contributed by atoms with Gasteiger partial charge in [-0.05, 0) is 20.3 Å². The molecule has 0 amide bonds. The second-order valence-corrected chi connectivity index (χ2v) is 2.07. The first kappa shape index (κ1) is 8.66. The summed E-state index contributed by atoms with van der Waals surface area (Å²) in [4.78, 5) is 0. The van der Waals surface area contributed by atoms with Crippen molar-refractivity contribution in [3.8, 4) is 0 Å². The second kappa shape index (κ2) is 4.53. The molecule has 0 bridgehead atoms. The van der Waals surface area contributed by atoms with Crippen LogP contribution < -0.4 is 0 Å². The lowest BCUT2D eigenvalue weighted by atomic mass is 10.3. The molecule has 2 heteroatoms. The van der Waals surface area contributed by atoms with Gasteiger partial charge in [0, 0.05) is 0 Å². The number of aliphatic hydroxyl groups is 1. The van der Waals surface area contributed by atoms with Crippen LogP contribution in [0.4, 0.5) is 0 Å². The zero-order valence-corrected chi connectivity index (χ0v) is 6.00. The highest BCUT2D eigenvalue weighted by Crippen LogP contribution is 1.99. The lowest BCUT2D eigenvalue weighted by Crippen LogP contribution is -2.15. The SMILES string of the molecule is C=CCC(C)OC(C)O. The van der Waals surface area contributed by atoms with Crippen LogP contribution in [0.25, 0.3) is 0 Å². The van der Waals surface area contributed by atoms with Crippen LogP contribution in [0.5, 0.6) is 0 Å². The Morgan fingerprint density at radius 1 is 1.67 bits per heavy atom. The first-order chi connectivity index (χ1) is 4.16. The summed E-state index contributed by atoms with van der Waals surface area (Å²) in [5.74, 6) is 0. The van der Waals surface area contributed by atoms with Crippen molar-refractivity contribution in [2.45, 2.75) is 32.7 Å². The first-order valence-electron chi connectivity index (χ1n) is 3.11. The van der Waals surface area contributed by atoms with E-state index in [0.29, 0.717) is 0 Å². The monoisotopic (exact) mass is 130 g/mol. The summed E-state index contributed by atoms with van der Waals surface area (Å²) in [6.45, 7) is 7.04. The van der Waals surface area contributed by atoms with Gasteiger partial charge in [0.15, 0.2) is 6.29 Å². The van der Waals surface area contributed by atoms with Gasteiger partial charge >= 0.3 is 0 Å². The fraction of sp³-hybridized carbons (Fsp3) is 0.714. The molecule has 0 radical (unpaired) electrons. The molecule has 2 nitrogen and oxygen atoms in total. The Kier molecular flexibility index (Phi) is 4.36. The van der Waals surface area contributed by atoms with Crippen molar-refractivity contribution in [1.29, 1.82) is 0 Å². The fourth-order valence-corrected chi connectivity index (χ4v) is 0.626. The molecule has 1 N–H and O–H groups in total. The highest BCUT2D eigenvalue weighted by molar-refractivity contribution is 4.70. The summed E-state index contributed by atoms with van der Waals surface area (Å²) in [6, 6.07) is 0. The third-order valence-electron chi connectivity index (χ3n) is 0.928. The van der Waals surface area contributed by atoms with Crippen LogP contribution in [0.1, 0.15) is 20.3 Å². The Hall–Kier alpha value is -0.340. The molecule has 0 aromatic rings. The maximum atomic E-state index is 8.69. The fourth-order valence-electron chi connectivity index (χ4n) is 0.626. The molecule has 0 spiro atoms. The van der Waals surface area contributed by atoms with Crippen molar-refractivity contribution in [3.05, 3.63) is 12.7 Å². The molecular formula is C7H14O2. The van der Waals surface area contributed by atoms with Gasteiger partial charge in [-0.15, -0.1) is 6.58 Å². The van der Waals surface area contributed by atoms with Crippen molar-refractivity contribution in [2.75, 3.05) is 0 Å². The third-order valence-corrected chi connectivity index (χ3v) is 0.928. The van der Waals surface area contributed by atoms with Crippen LogP contribution in [-0.2, 0) is 4.74 Å². The third kappa shape index (κ3) is 5.53. The summed E-state index contributed by atoms with van der Waals surface area (Å²) in [5, 5.41) is 8.69. The highest BCUT2D eigenvalue weighted by Gasteiger charge is 2.01. The average Bonchev–Trinajstić information content (AvgIpc) is 1.63. The van der Waals surface area contributed by atoms with E-state index in [0.717, 1.165) is 6.42 Å². The topological polar surface area (TPSA) is 29.5 Å². The predicted octanol–water partition coefficient (Wildman–Crippen LogP) is 1.31. The van der Waals surface area contributed by atoms with E-state index in [1.54, 1.807) is 13.0 Å². The summed E-state index contributed by atoms with van der Waals surface area (Å²) in [6.07, 6.45) is 1.96. The summed E-state index contributed by atoms with van der Waals surface area (Å²) >= 11 is 0. The van der Waals surface area contributed by atoms with E-state index in [4.69, 9.17) is 9.84 Å². The van der Waals surface area contributed by atoms with Crippen molar-refractivity contribution in [3.63, 3.8) is 0 Å². The van der Waals surface area contributed by atoms with Gasteiger partial charge in [-0.25, -0.2) is 0 Å². The van der Waals surface area contributed by atoms with Gasteiger partial charge in [-0.3, -0.25) is 0 Å². The summed E-state index contributed by atoms with van der Waals surface area (Å²) in [5.41, 5.74) is 0. The average molecular weight is 130 g/mol. The number of hydrogen-bond donors (Lipinski definition) is 1. The Morgan fingerprint density at radius 2 is 2.22 bits per heavy atom. The Morgan fingerprint density at radius 3 is 2.56 bits per heavy atom. The van der Waals surface area contributed by atoms with Crippen LogP contribution in [0.3, 0.4) is 0 Å². The largest absolute Gasteiger partial charge is 0.368 e. The maximum Gasteiger partial charge on any atom is 0.152 e. The zero-order valence-electron chi connectivity index (χ0n) is 6.00. The minimum Gasteiger partial charge on any atom is -0.368 e. The van der Waals surface area contributed by atoms with Gasteiger partial charge in [0.25, 0.3) is 0 Å². The van der Waals surface area contributed by atoms with E-state index >= 15 is 0 Å². The summed E-state index contributed by atoms with van der Waals surface area (Å²) < 4.78 is 4.97. The number of hydrogen-bond acceptors (Lipinski definition) is 2. The molecule has 0 aliphatic carbocycles. The lowest BCUT2D eigenvalue weighted by Gasteiger charge is -2.12. The van der Waals surface area contributed by atoms with Crippen LogP contribution in [0, 0.1) is 0 Å². The van der Waals surface area contributed by atoms with Crippen LogP contribution in [0.15, 0.2) is 12.7 Å². The minimum absolute atomic E-state index is 0.0718. The molecule has 9 heavy (non-hydrogen) atoms. The van der Waals surface area contributed by atoms with E-state index in [1.165, 1.54) is 0 Å². The quantitative estimate of drug-likeness (QED) is 0.459. The smallest absolute Gasteiger partial charge is 0.152 e. The molecular weight excluding hydrogens is 116 g/mol. The molecule has 2 atom stereocenters. The van der Waals surface area contributed by atoms with Gasteiger partial charge in [0.05, 0.1) is 6.10 Å². The lowest BCUT2D eigenvalue weighted by molar-refractivity contribution is -0.116. The normalized spacial score (nSPS) is 16.8. The Balaban J connectivity index is 3.25. The van der Waals surface area contributed by atoms with E-state index in [2.05, 4.69) is 6.58 Å². The molecule has 2 unspecified atom stereocenters. The molecule has 0 fully saturated rings. The van der Waals surface area contributed by atoms with Crippen LogP contribution in [-0.4, -0.2) is 17.5 Å². The highest BCUT2D eigenvalue weighted by atomic mass is 16.6. The Labute approximate surface area is 56.1 Å². The zero-order chi connectivity index (χ0) is 7.28. The number of aliphatic hydroxyl groups excluding tert-OH is 1. The Bertz CT molecular complexity index is 79.0. The van der Waals surface area contributed by atoms with Crippen molar-refractivity contribution in [1.82, 2.24) is 0 Å². The van der Waals surface area contributed by atoms with E-state index in [9.17, 15) is 0 Å².